The minimum Gasteiger partial charge on any atom is -0.434 e. The van der Waals surface area contributed by atoms with Gasteiger partial charge in [-0.25, -0.2) is 14.1 Å². The minimum atomic E-state index is -4.96. The average Bonchev–Trinajstić information content (AvgIpc) is 3.04. The molecule has 0 saturated heterocycles. The molecule has 0 radical (unpaired) electrons. The fourth-order valence-corrected chi connectivity index (χ4v) is 2.40. The van der Waals surface area contributed by atoms with E-state index < -0.39 is 35.2 Å². The van der Waals surface area contributed by atoms with Gasteiger partial charge in [0.25, 0.3) is 11.8 Å². The van der Waals surface area contributed by atoms with Gasteiger partial charge in [-0.05, 0) is 36.8 Å². The first-order valence-electron chi connectivity index (χ1n) is 7.92. The van der Waals surface area contributed by atoms with Gasteiger partial charge in [-0.2, -0.15) is 27.1 Å². The van der Waals surface area contributed by atoms with Crippen LogP contribution in [0.25, 0.3) is 5.69 Å². The van der Waals surface area contributed by atoms with Crippen molar-refractivity contribution in [3.8, 4) is 17.3 Å². The maximum atomic E-state index is 14.0. The molecule has 0 aliphatic carbocycles. The third-order valence-electron chi connectivity index (χ3n) is 3.69. The quantitative estimate of drug-likeness (QED) is 0.532. The second kappa shape index (κ2) is 6.84. The minimum absolute atomic E-state index is 0.239. The number of hydrogen-bond acceptors (Lipinski definition) is 3. The summed E-state index contributed by atoms with van der Waals surface area (Å²) in [5.41, 5.74) is -2.27. The second-order valence-electron chi connectivity index (χ2n) is 6.08. The number of hydrogen-bond donors (Lipinski definition) is 0. The van der Waals surface area contributed by atoms with Crippen LogP contribution in [0.15, 0.2) is 42.6 Å². The molecule has 148 valence electrons. The molecule has 0 fully saturated rings. The number of halogens is 6. The van der Waals surface area contributed by atoms with Gasteiger partial charge in [0.15, 0.2) is 11.6 Å². The van der Waals surface area contributed by atoms with E-state index in [1.54, 1.807) is 6.92 Å². The highest BCUT2D eigenvalue weighted by molar-refractivity contribution is 5.49. The van der Waals surface area contributed by atoms with Gasteiger partial charge in [0.1, 0.15) is 17.1 Å². The third-order valence-corrected chi connectivity index (χ3v) is 3.69. The van der Waals surface area contributed by atoms with E-state index in [1.807, 2.05) is 0 Å². The van der Waals surface area contributed by atoms with E-state index in [0.717, 1.165) is 6.07 Å². The molecular formula is C18H13F6N3O. The lowest BCUT2D eigenvalue weighted by molar-refractivity contribution is -0.142. The first-order valence-corrected chi connectivity index (χ1v) is 7.92. The Bertz CT molecular complexity index is 1010. The number of alkyl halides is 5. The van der Waals surface area contributed by atoms with Crippen molar-refractivity contribution in [3.63, 3.8) is 0 Å². The predicted molar refractivity (Wildman–Crippen MR) is 87.1 cm³/mol. The number of rotatable bonds is 4. The molecular weight excluding hydrogens is 388 g/mol. The summed E-state index contributed by atoms with van der Waals surface area (Å²) >= 11 is 0. The molecule has 2 aromatic heterocycles. The molecule has 28 heavy (non-hydrogen) atoms. The van der Waals surface area contributed by atoms with Crippen molar-refractivity contribution in [1.29, 1.82) is 0 Å². The van der Waals surface area contributed by atoms with Crippen molar-refractivity contribution < 1.29 is 31.1 Å². The molecule has 0 spiro atoms. The fraction of sp³-hybridized carbons (Fsp3) is 0.222. The molecule has 10 heteroatoms. The number of benzene rings is 1. The predicted octanol–water partition coefficient (Wildman–Crippen LogP) is 5.64. The third kappa shape index (κ3) is 3.95. The van der Waals surface area contributed by atoms with E-state index in [0.29, 0.717) is 17.2 Å². The Kier molecular flexibility index (Phi) is 4.82. The van der Waals surface area contributed by atoms with Crippen LogP contribution in [0.5, 0.6) is 11.6 Å². The van der Waals surface area contributed by atoms with E-state index in [1.165, 1.54) is 30.5 Å². The van der Waals surface area contributed by atoms with Crippen molar-refractivity contribution in [3.05, 3.63) is 65.4 Å². The van der Waals surface area contributed by atoms with Crippen molar-refractivity contribution in [2.24, 2.45) is 0 Å². The van der Waals surface area contributed by atoms with Crippen molar-refractivity contribution in [1.82, 2.24) is 14.8 Å². The average molecular weight is 401 g/mol. The molecule has 0 N–H and O–H groups in total. The summed E-state index contributed by atoms with van der Waals surface area (Å²) in [7, 11) is 0. The number of para-hydroxylation sites is 2. The molecule has 0 unspecified atom stereocenters. The SMILES string of the molecule is Cc1cnc(Oc2ccccc2-n2nc(C(C)(F)F)cc2C(F)(F)F)c(F)c1. The summed E-state index contributed by atoms with van der Waals surface area (Å²) in [6, 6.07) is 6.63. The number of ether oxygens (including phenoxy) is 1. The highest BCUT2D eigenvalue weighted by Crippen LogP contribution is 2.38. The summed E-state index contributed by atoms with van der Waals surface area (Å²) in [4.78, 5) is 3.75. The normalized spacial score (nSPS) is 12.3. The molecule has 3 aromatic rings. The Morgan fingerprint density at radius 2 is 1.71 bits per heavy atom. The van der Waals surface area contributed by atoms with Crippen LogP contribution in [0, 0.1) is 12.7 Å². The van der Waals surface area contributed by atoms with E-state index in [-0.39, 0.29) is 17.5 Å². The highest BCUT2D eigenvalue weighted by Gasteiger charge is 2.40. The van der Waals surface area contributed by atoms with Crippen LogP contribution in [-0.2, 0) is 12.1 Å². The van der Waals surface area contributed by atoms with Crippen molar-refractivity contribution >= 4 is 0 Å². The molecule has 2 heterocycles. The zero-order valence-corrected chi connectivity index (χ0v) is 14.6. The maximum absolute atomic E-state index is 14.0. The summed E-state index contributed by atoms with van der Waals surface area (Å²) < 4.78 is 86.9. The van der Waals surface area contributed by atoms with Crippen LogP contribution >= 0.6 is 0 Å². The largest absolute Gasteiger partial charge is 0.434 e. The first-order chi connectivity index (χ1) is 13.0. The molecule has 0 amide bonds. The van der Waals surface area contributed by atoms with Crippen LogP contribution in [0.2, 0.25) is 0 Å². The summed E-state index contributed by atoms with van der Waals surface area (Å²) in [6.07, 6.45) is -3.65. The lowest BCUT2D eigenvalue weighted by atomic mass is 10.2. The molecule has 0 atom stereocenters. The van der Waals surface area contributed by atoms with Gasteiger partial charge in [0, 0.05) is 13.1 Å². The molecule has 0 bridgehead atoms. The van der Waals surface area contributed by atoms with E-state index in [4.69, 9.17) is 4.74 Å². The number of aryl methyl sites for hydroxylation is 1. The smallest absolute Gasteiger partial charge is 0.433 e. The Morgan fingerprint density at radius 3 is 2.32 bits per heavy atom. The van der Waals surface area contributed by atoms with Gasteiger partial charge in [0.2, 0.25) is 0 Å². The lowest BCUT2D eigenvalue weighted by Gasteiger charge is -2.14. The molecule has 0 aliphatic heterocycles. The molecule has 4 nitrogen and oxygen atoms in total. The molecule has 0 saturated carbocycles. The Labute approximate surface area is 155 Å². The fourth-order valence-electron chi connectivity index (χ4n) is 2.40. The molecule has 0 aliphatic rings. The van der Waals surface area contributed by atoms with Gasteiger partial charge >= 0.3 is 6.18 Å². The molecule has 3 rings (SSSR count). The van der Waals surface area contributed by atoms with Crippen LogP contribution in [0.4, 0.5) is 26.3 Å². The Hall–Kier alpha value is -3.04. The van der Waals surface area contributed by atoms with Crippen LogP contribution in [0.1, 0.15) is 23.9 Å². The number of nitrogens with zero attached hydrogens (tertiary/aromatic N) is 3. The topological polar surface area (TPSA) is 39.9 Å². The van der Waals surface area contributed by atoms with Gasteiger partial charge in [-0.3, -0.25) is 0 Å². The highest BCUT2D eigenvalue weighted by atomic mass is 19.4. The van der Waals surface area contributed by atoms with Crippen LogP contribution in [-0.4, -0.2) is 14.8 Å². The van der Waals surface area contributed by atoms with E-state index in [2.05, 4.69) is 10.1 Å². The zero-order valence-electron chi connectivity index (χ0n) is 14.6. The monoisotopic (exact) mass is 401 g/mol. The second-order valence-corrected chi connectivity index (χ2v) is 6.08. The van der Waals surface area contributed by atoms with Gasteiger partial charge in [0.05, 0.1) is 0 Å². The molecule has 1 aromatic carbocycles. The number of pyridine rings is 1. The first kappa shape index (κ1) is 19.7. The van der Waals surface area contributed by atoms with Crippen molar-refractivity contribution in [2.75, 3.05) is 0 Å². The van der Waals surface area contributed by atoms with Gasteiger partial charge < -0.3 is 4.74 Å². The standard InChI is InChI=1S/C18H13F6N3O/c1-10-7-11(19)16(25-9-10)28-13-6-4-3-5-12(13)27-15(18(22,23)24)8-14(26-27)17(2,20)21/h3-9H,1-2H3. The Morgan fingerprint density at radius 1 is 1.04 bits per heavy atom. The number of aromatic nitrogens is 3. The Balaban J connectivity index is 2.14. The van der Waals surface area contributed by atoms with Gasteiger partial charge in [-0.15, -0.1) is 0 Å². The van der Waals surface area contributed by atoms with E-state index in [9.17, 15) is 26.3 Å². The lowest BCUT2D eigenvalue weighted by Crippen LogP contribution is -2.14. The maximum Gasteiger partial charge on any atom is 0.433 e. The van der Waals surface area contributed by atoms with E-state index >= 15 is 0 Å². The van der Waals surface area contributed by atoms with Crippen molar-refractivity contribution in [2.45, 2.75) is 25.9 Å². The van der Waals surface area contributed by atoms with Crippen LogP contribution in [0.3, 0.4) is 0 Å². The summed E-state index contributed by atoms with van der Waals surface area (Å²) in [6.45, 7) is 2.04. The zero-order chi connectivity index (χ0) is 20.7. The van der Waals surface area contributed by atoms with Crippen LogP contribution < -0.4 is 4.74 Å². The summed E-state index contributed by atoms with van der Waals surface area (Å²) in [5, 5.41) is 3.41. The summed E-state index contributed by atoms with van der Waals surface area (Å²) in [5.74, 6) is -5.13. The van der Waals surface area contributed by atoms with Gasteiger partial charge in [-0.1, -0.05) is 12.1 Å².